The van der Waals surface area contributed by atoms with Crippen molar-refractivity contribution >= 4 is 17.5 Å². The van der Waals surface area contributed by atoms with Gasteiger partial charge in [0.15, 0.2) is 5.82 Å². The molecule has 0 atom stereocenters. The summed E-state index contributed by atoms with van der Waals surface area (Å²) in [7, 11) is 0. The molecule has 3 rings (SSSR count). The average molecular weight is 333 g/mol. The maximum atomic E-state index is 4.63. The van der Waals surface area contributed by atoms with E-state index < -0.39 is 0 Å². The van der Waals surface area contributed by atoms with Gasteiger partial charge in [0.05, 0.1) is 6.20 Å². The molecule has 5 heteroatoms. The Kier molecular flexibility index (Phi) is 5.23. The van der Waals surface area contributed by atoms with E-state index in [2.05, 4.69) is 70.4 Å². The summed E-state index contributed by atoms with van der Waals surface area (Å²) < 4.78 is 0. The number of aromatic nitrogens is 3. The number of nitrogens with one attached hydrogen (secondary N) is 1. The molecule has 5 nitrogen and oxygen atoms in total. The van der Waals surface area contributed by atoms with E-state index in [-0.39, 0.29) is 0 Å². The highest BCUT2D eigenvalue weighted by Crippen LogP contribution is 2.19. The predicted octanol–water partition coefficient (Wildman–Crippen LogP) is 4.26. The van der Waals surface area contributed by atoms with Crippen LogP contribution in [0.15, 0.2) is 54.7 Å². The minimum absolute atomic E-state index is 0.507. The fourth-order valence-electron chi connectivity index (χ4n) is 2.61. The van der Waals surface area contributed by atoms with Gasteiger partial charge in [-0.05, 0) is 49.6 Å². The smallest absolute Gasteiger partial charge is 0.249 e. The molecule has 0 spiro atoms. The molecular weight excluding hydrogens is 310 g/mol. The molecule has 0 saturated heterocycles. The number of hydrogen-bond donors (Lipinski definition) is 1. The summed E-state index contributed by atoms with van der Waals surface area (Å²) in [5, 5.41) is 11.5. The predicted molar refractivity (Wildman–Crippen MR) is 102 cm³/mol. The van der Waals surface area contributed by atoms with E-state index in [0.717, 1.165) is 24.6 Å². The zero-order valence-corrected chi connectivity index (χ0v) is 14.9. The molecule has 3 aromatic rings. The molecule has 0 saturated carbocycles. The van der Waals surface area contributed by atoms with Crippen molar-refractivity contribution in [1.82, 2.24) is 15.2 Å². The van der Waals surface area contributed by atoms with Gasteiger partial charge in [-0.15, -0.1) is 5.10 Å². The first-order valence-corrected chi connectivity index (χ1v) is 8.48. The van der Waals surface area contributed by atoms with Gasteiger partial charge in [0, 0.05) is 18.8 Å². The molecule has 1 N–H and O–H groups in total. The highest BCUT2D eigenvalue weighted by Gasteiger charge is 2.09. The Morgan fingerprint density at radius 2 is 1.80 bits per heavy atom. The molecule has 1 aromatic heterocycles. The minimum Gasteiger partial charge on any atom is -0.351 e. The van der Waals surface area contributed by atoms with Crippen LogP contribution in [0.1, 0.15) is 23.6 Å². The molecule has 2 aromatic carbocycles. The van der Waals surface area contributed by atoms with Crippen LogP contribution >= 0.6 is 0 Å². The van der Waals surface area contributed by atoms with Crippen LogP contribution in [-0.2, 0) is 6.54 Å². The maximum Gasteiger partial charge on any atom is 0.249 e. The van der Waals surface area contributed by atoms with Gasteiger partial charge in [0.2, 0.25) is 5.95 Å². The van der Waals surface area contributed by atoms with Gasteiger partial charge < -0.3 is 10.2 Å². The lowest BCUT2D eigenvalue weighted by molar-refractivity contribution is 0.798. The van der Waals surface area contributed by atoms with Crippen LogP contribution in [-0.4, -0.2) is 21.7 Å². The Labute approximate surface area is 148 Å². The van der Waals surface area contributed by atoms with Crippen molar-refractivity contribution in [1.29, 1.82) is 0 Å². The summed E-state index contributed by atoms with van der Waals surface area (Å²) >= 11 is 0. The van der Waals surface area contributed by atoms with Crippen molar-refractivity contribution in [3.63, 3.8) is 0 Å². The monoisotopic (exact) mass is 333 g/mol. The number of benzene rings is 2. The number of anilines is 3. The number of rotatable bonds is 6. The topological polar surface area (TPSA) is 53.9 Å². The lowest BCUT2D eigenvalue weighted by atomic mass is 10.1. The zero-order valence-electron chi connectivity index (χ0n) is 14.9. The summed E-state index contributed by atoms with van der Waals surface area (Å²) in [6.07, 6.45) is 1.71. The van der Waals surface area contributed by atoms with E-state index in [9.17, 15) is 0 Å². The van der Waals surface area contributed by atoms with Gasteiger partial charge in [-0.2, -0.15) is 10.1 Å². The molecule has 0 fully saturated rings. The molecule has 128 valence electrons. The molecule has 25 heavy (non-hydrogen) atoms. The van der Waals surface area contributed by atoms with Gasteiger partial charge >= 0.3 is 0 Å². The van der Waals surface area contributed by atoms with Gasteiger partial charge in [-0.3, -0.25) is 0 Å². The molecular formula is C20H23N5. The molecule has 1 heterocycles. The first-order chi connectivity index (χ1) is 12.2. The highest BCUT2D eigenvalue weighted by atomic mass is 15.3. The molecule has 0 amide bonds. The standard InChI is InChI=1S/C20H23N5/c1-4-25(14-17-8-6-5-7-9-17)19-13-21-24-20(23-19)22-18-11-10-15(2)16(3)12-18/h5-13H,4,14H2,1-3H3,(H,22,23,24). The summed E-state index contributed by atoms with van der Waals surface area (Å²) in [4.78, 5) is 6.80. The van der Waals surface area contributed by atoms with Crippen LogP contribution in [0, 0.1) is 13.8 Å². The van der Waals surface area contributed by atoms with E-state index in [1.165, 1.54) is 16.7 Å². The van der Waals surface area contributed by atoms with E-state index >= 15 is 0 Å². The Balaban J connectivity index is 1.78. The summed E-state index contributed by atoms with van der Waals surface area (Å²) in [5.41, 5.74) is 4.70. The van der Waals surface area contributed by atoms with E-state index in [0.29, 0.717) is 5.95 Å². The largest absolute Gasteiger partial charge is 0.351 e. The third kappa shape index (κ3) is 4.32. The van der Waals surface area contributed by atoms with Crippen LogP contribution in [0.4, 0.5) is 17.5 Å². The average Bonchev–Trinajstić information content (AvgIpc) is 2.64. The van der Waals surface area contributed by atoms with Gasteiger partial charge in [0.1, 0.15) is 0 Å². The second-order valence-corrected chi connectivity index (χ2v) is 6.06. The van der Waals surface area contributed by atoms with Gasteiger partial charge in [0.25, 0.3) is 0 Å². The number of nitrogens with zero attached hydrogens (tertiary/aromatic N) is 4. The van der Waals surface area contributed by atoms with Gasteiger partial charge in [-0.25, -0.2) is 0 Å². The fraction of sp³-hybridized carbons (Fsp3) is 0.250. The van der Waals surface area contributed by atoms with E-state index in [4.69, 9.17) is 0 Å². The molecule has 0 unspecified atom stereocenters. The summed E-state index contributed by atoms with van der Waals surface area (Å²) in [6, 6.07) is 16.6. The number of aryl methyl sites for hydroxylation is 2. The third-order valence-corrected chi connectivity index (χ3v) is 4.23. The molecule has 0 bridgehead atoms. The van der Waals surface area contributed by atoms with E-state index in [1.807, 2.05) is 24.3 Å². The van der Waals surface area contributed by atoms with Crippen molar-refractivity contribution in [2.75, 3.05) is 16.8 Å². The Bertz CT molecular complexity index is 832. The first-order valence-electron chi connectivity index (χ1n) is 8.48. The van der Waals surface area contributed by atoms with Crippen molar-refractivity contribution < 1.29 is 0 Å². The summed E-state index contributed by atoms with van der Waals surface area (Å²) in [5.74, 6) is 1.32. The Morgan fingerprint density at radius 1 is 1.00 bits per heavy atom. The van der Waals surface area contributed by atoms with Crippen LogP contribution < -0.4 is 10.2 Å². The Morgan fingerprint density at radius 3 is 2.52 bits per heavy atom. The molecule has 0 aliphatic heterocycles. The maximum absolute atomic E-state index is 4.63. The van der Waals surface area contributed by atoms with Crippen molar-refractivity contribution in [3.05, 3.63) is 71.4 Å². The lowest BCUT2D eigenvalue weighted by Crippen LogP contribution is -2.23. The third-order valence-electron chi connectivity index (χ3n) is 4.23. The number of hydrogen-bond acceptors (Lipinski definition) is 5. The van der Waals surface area contributed by atoms with Crippen molar-refractivity contribution in [3.8, 4) is 0 Å². The first kappa shape index (κ1) is 16.9. The van der Waals surface area contributed by atoms with Crippen LogP contribution in [0.2, 0.25) is 0 Å². The fourth-order valence-corrected chi connectivity index (χ4v) is 2.61. The van der Waals surface area contributed by atoms with E-state index in [1.54, 1.807) is 6.20 Å². The quantitative estimate of drug-likeness (QED) is 0.730. The molecule has 0 radical (unpaired) electrons. The second kappa shape index (κ2) is 7.75. The van der Waals surface area contributed by atoms with Crippen LogP contribution in [0.3, 0.4) is 0 Å². The van der Waals surface area contributed by atoms with Crippen LogP contribution in [0.5, 0.6) is 0 Å². The van der Waals surface area contributed by atoms with Crippen molar-refractivity contribution in [2.45, 2.75) is 27.3 Å². The molecule has 0 aliphatic carbocycles. The zero-order chi connectivity index (χ0) is 17.6. The van der Waals surface area contributed by atoms with Crippen LogP contribution in [0.25, 0.3) is 0 Å². The Hall–Kier alpha value is -2.95. The van der Waals surface area contributed by atoms with Gasteiger partial charge in [-0.1, -0.05) is 36.4 Å². The minimum atomic E-state index is 0.507. The SMILES string of the molecule is CCN(Cc1ccccc1)c1cnnc(Nc2ccc(C)c(C)c2)n1. The highest BCUT2D eigenvalue weighted by molar-refractivity contribution is 5.56. The lowest BCUT2D eigenvalue weighted by Gasteiger charge is -2.21. The molecule has 0 aliphatic rings. The summed E-state index contributed by atoms with van der Waals surface area (Å²) in [6.45, 7) is 7.94. The normalized spacial score (nSPS) is 10.5. The van der Waals surface area contributed by atoms with Crippen molar-refractivity contribution in [2.24, 2.45) is 0 Å². The second-order valence-electron chi connectivity index (χ2n) is 6.06.